The number of imidazole rings is 1. The topological polar surface area (TPSA) is 68.8 Å². The van der Waals surface area contributed by atoms with Crippen molar-refractivity contribution in [1.29, 1.82) is 0 Å². The van der Waals surface area contributed by atoms with Crippen molar-refractivity contribution < 1.29 is 0 Å². The molecule has 5 heteroatoms. The summed E-state index contributed by atoms with van der Waals surface area (Å²) in [7, 11) is 0. The number of aromatic nitrogens is 3. The van der Waals surface area contributed by atoms with E-state index >= 15 is 0 Å². The Balaban J connectivity index is 1.78. The SMILES string of the molecule is NNC(Cc1ccccn1)Cn1cnc2ccccc21. The van der Waals surface area contributed by atoms with Crippen LogP contribution in [-0.2, 0) is 13.0 Å². The van der Waals surface area contributed by atoms with Crippen LogP contribution in [0.3, 0.4) is 0 Å². The van der Waals surface area contributed by atoms with Gasteiger partial charge < -0.3 is 4.57 Å². The first kappa shape index (κ1) is 12.8. The van der Waals surface area contributed by atoms with Crippen LogP contribution in [0.15, 0.2) is 55.0 Å². The summed E-state index contributed by atoms with van der Waals surface area (Å²) in [6.45, 7) is 0.758. The summed E-state index contributed by atoms with van der Waals surface area (Å²) in [5.74, 6) is 5.67. The van der Waals surface area contributed by atoms with E-state index in [1.807, 2.05) is 42.7 Å². The quantitative estimate of drug-likeness (QED) is 0.543. The molecule has 1 unspecified atom stereocenters. The highest BCUT2D eigenvalue weighted by atomic mass is 15.2. The van der Waals surface area contributed by atoms with Gasteiger partial charge in [0.1, 0.15) is 0 Å². The van der Waals surface area contributed by atoms with Crippen molar-refractivity contribution in [3.63, 3.8) is 0 Å². The third-order valence-electron chi connectivity index (χ3n) is 3.36. The molecule has 3 N–H and O–H groups in total. The Morgan fingerprint density at radius 2 is 1.95 bits per heavy atom. The van der Waals surface area contributed by atoms with Gasteiger partial charge in [0.2, 0.25) is 0 Å². The number of nitrogens with zero attached hydrogens (tertiary/aromatic N) is 3. The molecule has 2 heterocycles. The van der Waals surface area contributed by atoms with Gasteiger partial charge in [0.25, 0.3) is 0 Å². The highest BCUT2D eigenvalue weighted by molar-refractivity contribution is 5.74. The molecule has 5 nitrogen and oxygen atoms in total. The highest BCUT2D eigenvalue weighted by Gasteiger charge is 2.11. The predicted molar refractivity (Wildman–Crippen MR) is 78.8 cm³/mol. The van der Waals surface area contributed by atoms with E-state index in [1.54, 1.807) is 6.20 Å². The Hall–Kier alpha value is -2.24. The fourth-order valence-electron chi connectivity index (χ4n) is 2.34. The number of para-hydroxylation sites is 2. The maximum absolute atomic E-state index is 5.67. The molecule has 0 radical (unpaired) electrons. The smallest absolute Gasteiger partial charge is 0.0958 e. The predicted octanol–water partition coefficient (Wildman–Crippen LogP) is 1.51. The lowest BCUT2D eigenvalue weighted by Crippen LogP contribution is -2.40. The third kappa shape index (κ3) is 2.68. The van der Waals surface area contributed by atoms with E-state index in [9.17, 15) is 0 Å². The molecule has 0 saturated carbocycles. The zero-order valence-electron chi connectivity index (χ0n) is 11.1. The maximum Gasteiger partial charge on any atom is 0.0958 e. The van der Waals surface area contributed by atoms with Crippen LogP contribution in [0.25, 0.3) is 11.0 Å². The minimum atomic E-state index is 0.113. The molecule has 3 aromatic rings. The number of nitrogens with two attached hydrogens (primary N) is 1. The lowest BCUT2D eigenvalue weighted by molar-refractivity contribution is 0.457. The zero-order chi connectivity index (χ0) is 13.8. The summed E-state index contributed by atoms with van der Waals surface area (Å²) in [4.78, 5) is 8.73. The van der Waals surface area contributed by atoms with Gasteiger partial charge in [-0.25, -0.2) is 4.98 Å². The summed E-state index contributed by atoms with van der Waals surface area (Å²) >= 11 is 0. The van der Waals surface area contributed by atoms with E-state index in [0.29, 0.717) is 0 Å². The molecule has 0 spiro atoms. The van der Waals surface area contributed by atoms with Gasteiger partial charge in [0.05, 0.1) is 17.4 Å². The number of hydrogen-bond acceptors (Lipinski definition) is 4. The molecule has 0 saturated heterocycles. The molecule has 0 bridgehead atoms. The van der Waals surface area contributed by atoms with Crippen LogP contribution < -0.4 is 11.3 Å². The molecular formula is C15H17N5. The summed E-state index contributed by atoms with van der Waals surface area (Å²) in [5, 5.41) is 0. The Kier molecular flexibility index (Phi) is 3.71. The monoisotopic (exact) mass is 267 g/mol. The molecular weight excluding hydrogens is 250 g/mol. The van der Waals surface area contributed by atoms with Gasteiger partial charge in [-0.2, -0.15) is 0 Å². The second-order valence-corrected chi connectivity index (χ2v) is 4.77. The van der Waals surface area contributed by atoms with E-state index in [4.69, 9.17) is 5.84 Å². The van der Waals surface area contributed by atoms with Crippen LogP contribution in [0.2, 0.25) is 0 Å². The van der Waals surface area contributed by atoms with Crippen molar-refractivity contribution in [3.05, 3.63) is 60.7 Å². The number of fused-ring (bicyclic) bond motifs is 1. The summed E-state index contributed by atoms with van der Waals surface area (Å²) in [5.41, 5.74) is 6.01. The lowest BCUT2D eigenvalue weighted by atomic mass is 10.1. The number of hydrogen-bond donors (Lipinski definition) is 2. The van der Waals surface area contributed by atoms with Crippen molar-refractivity contribution in [2.24, 2.45) is 5.84 Å². The van der Waals surface area contributed by atoms with Gasteiger partial charge >= 0.3 is 0 Å². The van der Waals surface area contributed by atoms with Crippen LogP contribution in [-0.4, -0.2) is 20.6 Å². The highest BCUT2D eigenvalue weighted by Crippen LogP contribution is 2.13. The van der Waals surface area contributed by atoms with Gasteiger partial charge in [-0.15, -0.1) is 0 Å². The third-order valence-corrected chi connectivity index (χ3v) is 3.36. The van der Waals surface area contributed by atoms with Crippen LogP contribution in [0.5, 0.6) is 0 Å². The number of nitrogens with one attached hydrogen (secondary N) is 1. The summed E-state index contributed by atoms with van der Waals surface area (Å²) in [6.07, 6.45) is 4.44. The maximum atomic E-state index is 5.67. The normalized spacial score (nSPS) is 12.7. The molecule has 0 aliphatic rings. The molecule has 102 valence electrons. The van der Waals surface area contributed by atoms with Gasteiger partial charge in [-0.05, 0) is 24.3 Å². The van der Waals surface area contributed by atoms with Crippen molar-refractivity contribution in [1.82, 2.24) is 20.0 Å². The van der Waals surface area contributed by atoms with Crippen LogP contribution in [0, 0.1) is 0 Å². The average molecular weight is 267 g/mol. The Labute approximate surface area is 117 Å². The average Bonchev–Trinajstić information content (AvgIpc) is 2.91. The minimum absolute atomic E-state index is 0.113. The first-order valence-corrected chi connectivity index (χ1v) is 6.63. The van der Waals surface area contributed by atoms with Gasteiger partial charge in [-0.1, -0.05) is 18.2 Å². The molecule has 2 aromatic heterocycles. The molecule has 3 rings (SSSR count). The zero-order valence-corrected chi connectivity index (χ0v) is 11.1. The van der Waals surface area contributed by atoms with Gasteiger partial charge in [0.15, 0.2) is 0 Å². The molecule has 0 aliphatic carbocycles. The van der Waals surface area contributed by atoms with Crippen molar-refractivity contribution in [2.75, 3.05) is 0 Å². The molecule has 0 aliphatic heterocycles. The van der Waals surface area contributed by atoms with Crippen LogP contribution >= 0.6 is 0 Å². The second-order valence-electron chi connectivity index (χ2n) is 4.77. The number of hydrazine groups is 1. The first-order chi connectivity index (χ1) is 9.86. The van der Waals surface area contributed by atoms with Crippen LogP contribution in [0.1, 0.15) is 5.69 Å². The number of rotatable bonds is 5. The number of benzene rings is 1. The van der Waals surface area contributed by atoms with E-state index in [2.05, 4.69) is 26.0 Å². The van der Waals surface area contributed by atoms with Gasteiger partial charge in [-0.3, -0.25) is 16.3 Å². The lowest BCUT2D eigenvalue weighted by Gasteiger charge is -2.16. The molecule has 20 heavy (non-hydrogen) atoms. The molecule has 1 atom stereocenters. The molecule has 0 fully saturated rings. The van der Waals surface area contributed by atoms with E-state index in [-0.39, 0.29) is 6.04 Å². The standard InChI is InChI=1S/C15H17N5/c16-19-13(9-12-5-3-4-8-17-12)10-20-11-18-14-6-1-2-7-15(14)20/h1-8,11,13,19H,9-10,16H2. The molecule has 1 aromatic carbocycles. The van der Waals surface area contributed by atoms with E-state index in [1.165, 1.54) is 0 Å². The Bertz CT molecular complexity index is 677. The Morgan fingerprint density at radius 3 is 2.75 bits per heavy atom. The molecule has 0 amide bonds. The van der Waals surface area contributed by atoms with Crippen molar-refractivity contribution in [3.8, 4) is 0 Å². The van der Waals surface area contributed by atoms with E-state index < -0.39 is 0 Å². The van der Waals surface area contributed by atoms with Crippen LogP contribution in [0.4, 0.5) is 0 Å². The first-order valence-electron chi connectivity index (χ1n) is 6.63. The second kappa shape index (κ2) is 5.81. The Morgan fingerprint density at radius 1 is 1.10 bits per heavy atom. The van der Waals surface area contributed by atoms with Crippen molar-refractivity contribution in [2.45, 2.75) is 19.0 Å². The number of pyridine rings is 1. The summed E-state index contributed by atoms with van der Waals surface area (Å²) < 4.78 is 2.11. The van der Waals surface area contributed by atoms with Gasteiger partial charge in [0, 0.05) is 30.9 Å². The van der Waals surface area contributed by atoms with E-state index in [0.717, 1.165) is 29.7 Å². The largest absolute Gasteiger partial charge is 0.329 e. The fourth-order valence-corrected chi connectivity index (χ4v) is 2.34. The minimum Gasteiger partial charge on any atom is -0.329 e. The van der Waals surface area contributed by atoms with Crippen molar-refractivity contribution >= 4 is 11.0 Å². The summed E-state index contributed by atoms with van der Waals surface area (Å²) in [6, 6.07) is 14.1. The fraction of sp³-hybridized carbons (Fsp3) is 0.200.